The molecule has 0 unspecified atom stereocenters. The van der Waals surface area contributed by atoms with Gasteiger partial charge in [0.25, 0.3) is 5.91 Å². The van der Waals surface area contributed by atoms with E-state index in [2.05, 4.69) is 31.0 Å². The predicted octanol–water partition coefficient (Wildman–Crippen LogP) is 1.69. The summed E-state index contributed by atoms with van der Waals surface area (Å²) in [5, 5.41) is 2.89. The van der Waals surface area contributed by atoms with Gasteiger partial charge >= 0.3 is 0 Å². The van der Waals surface area contributed by atoms with Gasteiger partial charge in [-0.05, 0) is 30.5 Å². The van der Waals surface area contributed by atoms with Crippen molar-refractivity contribution >= 4 is 5.91 Å². The molecule has 1 rings (SSSR count). The molecule has 0 saturated carbocycles. The zero-order valence-corrected chi connectivity index (χ0v) is 11.2. The van der Waals surface area contributed by atoms with E-state index < -0.39 is 0 Å². The van der Waals surface area contributed by atoms with Gasteiger partial charge in [0, 0.05) is 17.7 Å². The minimum absolute atomic E-state index is 0.0560. The highest BCUT2D eigenvalue weighted by Gasteiger charge is 2.07. The van der Waals surface area contributed by atoms with Crippen molar-refractivity contribution in [3.05, 3.63) is 34.9 Å². The van der Waals surface area contributed by atoms with Crippen LogP contribution < -0.4 is 11.1 Å². The van der Waals surface area contributed by atoms with E-state index >= 15 is 0 Å². The second kappa shape index (κ2) is 6.83. The molecule has 0 radical (unpaired) electrons. The van der Waals surface area contributed by atoms with Crippen LogP contribution in [0.25, 0.3) is 0 Å². The first-order valence-electron chi connectivity index (χ1n) is 6.12. The third-order valence-electron chi connectivity index (χ3n) is 2.50. The topological polar surface area (TPSA) is 55.1 Å². The maximum atomic E-state index is 11.9. The van der Waals surface area contributed by atoms with Gasteiger partial charge in [0.05, 0.1) is 6.54 Å². The fraction of sp³-hybridized carbons (Fsp3) is 0.400. The molecule has 0 fully saturated rings. The van der Waals surface area contributed by atoms with Crippen LogP contribution in [0.15, 0.2) is 18.2 Å². The first-order chi connectivity index (χ1) is 8.54. The van der Waals surface area contributed by atoms with Crippen LogP contribution >= 0.6 is 0 Å². The van der Waals surface area contributed by atoms with Crippen molar-refractivity contribution in [3.63, 3.8) is 0 Å². The van der Waals surface area contributed by atoms with E-state index in [1.165, 1.54) is 0 Å². The molecule has 0 aliphatic rings. The SMILES string of the molecule is Cc1ccc(C(=O)NCC(C)C)cc1C#CCN. The molecule has 3 nitrogen and oxygen atoms in total. The van der Waals surface area contributed by atoms with Crippen molar-refractivity contribution in [1.82, 2.24) is 5.32 Å². The average Bonchev–Trinajstić information content (AvgIpc) is 2.35. The fourth-order valence-corrected chi connectivity index (χ4v) is 1.44. The minimum Gasteiger partial charge on any atom is -0.352 e. The van der Waals surface area contributed by atoms with Crippen LogP contribution in [-0.2, 0) is 0 Å². The van der Waals surface area contributed by atoms with Gasteiger partial charge < -0.3 is 11.1 Å². The van der Waals surface area contributed by atoms with Crippen molar-refractivity contribution in [3.8, 4) is 11.8 Å². The normalized spacial score (nSPS) is 9.83. The number of amides is 1. The number of hydrogen-bond donors (Lipinski definition) is 2. The summed E-state index contributed by atoms with van der Waals surface area (Å²) in [6, 6.07) is 5.54. The molecule has 1 aromatic carbocycles. The number of aryl methyl sites for hydroxylation is 1. The number of benzene rings is 1. The van der Waals surface area contributed by atoms with E-state index in [4.69, 9.17) is 5.73 Å². The summed E-state index contributed by atoms with van der Waals surface area (Å²) in [4.78, 5) is 11.9. The fourth-order valence-electron chi connectivity index (χ4n) is 1.44. The summed E-state index contributed by atoms with van der Waals surface area (Å²) < 4.78 is 0. The van der Waals surface area contributed by atoms with Gasteiger partial charge in [-0.25, -0.2) is 0 Å². The lowest BCUT2D eigenvalue weighted by atomic mass is 10.0. The number of carbonyl (C=O) groups is 1. The van der Waals surface area contributed by atoms with Crippen LogP contribution in [0.3, 0.4) is 0 Å². The summed E-state index contributed by atoms with van der Waals surface area (Å²) in [7, 11) is 0. The van der Waals surface area contributed by atoms with Crippen LogP contribution in [0.1, 0.15) is 35.3 Å². The summed E-state index contributed by atoms with van der Waals surface area (Å²) in [5.74, 6) is 6.17. The lowest BCUT2D eigenvalue weighted by molar-refractivity contribution is 0.0949. The summed E-state index contributed by atoms with van der Waals surface area (Å²) in [5.41, 5.74) is 7.90. The van der Waals surface area contributed by atoms with Crippen molar-refractivity contribution in [1.29, 1.82) is 0 Å². The Hall–Kier alpha value is -1.79. The number of rotatable bonds is 3. The van der Waals surface area contributed by atoms with E-state index in [0.717, 1.165) is 11.1 Å². The molecule has 1 aromatic rings. The molecule has 1 amide bonds. The largest absolute Gasteiger partial charge is 0.352 e. The van der Waals surface area contributed by atoms with Crippen molar-refractivity contribution < 1.29 is 4.79 Å². The van der Waals surface area contributed by atoms with Gasteiger partial charge in [0.2, 0.25) is 0 Å². The van der Waals surface area contributed by atoms with Crippen LogP contribution in [0, 0.1) is 24.7 Å². The second-order valence-corrected chi connectivity index (χ2v) is 4.64. The number of nitrogens with two attached hydrogens (primary N) is 1. The smallest absolute Gasteiger partial charge is 0.251 e. The first-order valence-corrected chi connectivity index (χ1v) is 6.12. The third kappa shape index (κ3) is 4.23. The van der Waals surface area contributed by atoms with E-state index in [1.807, 2.05) is 25.1 Å². The summed E-state index contributed by atoms with van der Waals surface area (Å²) in [6.45, 7) is 7.09. The predicted molar refractivity (Wildman–Crippen MR) is 74.3 cm³/mol. The van der Waals surface area contributed by atoms with Gasteiger partial charge in [0.1, 0.15) is 0 Å². The Morgan fingerprint density at radius 1 is 1.44 bits per heavy atom. The van der Waals surface area contributed by atoms with Gasteiger partial charge in [-0.3, -0.25) is 4.79 Å². The number of nitrogens with one attached hydrogen (secondary N) is 1. The number of hydrogen-bond acceptors (Lipinski definition) is 2. The standard InChI is InChI=1S/C15H20N2O/c1-11(2)10-17-15(18)14-7-6-12(3)13(9-14)5-4-8-16/h6-7,9,11H,8,10,16H2,1-3H3,(H,17,18). The maximum absolute atomic E-state index is 11.9. The molecule has 3 N–H and O–H groups in total. The Morgan fingerprint density at radius 2 is 2.17 bits per heavy atom. The van der Waals surface area contributed by atoms with Crippen molar-refractivity contribution in [2.75, 3.05) is 13.1 Å². The molecule has 0 saturated heterocycles. The Morgan fingerprint density at radius 3 is 2.78 bits per heavy atom. The lowest BCUT2D eigenvalue weighted by Crippen LogP contribution is -2.27. The molecule has 0 atom stereocenters. The van der Waals surface area contributed by atoms with E-state index in [0.29, 0.717) is 24.6 Å². The Labute approximate surface area is 109 Å². The second-order valence-electron chi connectivity index (χ2n) is 4.64. The maximum Gasteiger partial charge on any atom is 0.251 e. The van der Waals surface area contributed by atoms with Gasteiger partial charge in [-0.1, -0.05) is 31.8 Å². The highest BCUT2D eigenvalue weighted by Crippen LogP contribution is 2.10. The number of carbonyl (C=O) groups excluding carboxylic acids is 1. The quantitative estimate of drug-likeness (QED) is 0.795. The highest BCUT2D eigenvalue weighted by molar-refractivity contribution is 5.94. The molecule has 0 aromatic heterocycles. The average molecular weight is 244 g/mol. The van der Waals surface area contributed by atoms with E-state index in [1.54, 1.807) is 0 Å². The highest BCUT2D eigenvalue weighted by atomic mass is 16.1. The zero-order valence-electron chi connectivity index (χ0n) is 11.2. The molecule has 0 heterocycles. The van der Waals surface area contributed by atoms with Crippen LogP contribution in [0.4, 0.5) is 0 Å². The molecule has 0 bridgehead atoms. The van der Waals surface area contributed by atoms with Gasteiger partial charge in [-0.2, -0.15) is 0 Å². The van der Waals surface area contributed by atoms with E-state index in [-0.39, 0.29) is 5.91 Å². The Balaban J connectivity index is 2.87. The van der Waals surface area contributed by atoms with Crippen LogP contribution in [0.2, 0.25) is 0 Å². The Bertz CT molecular complexity index is 481. The molecule has 0 aliphatic carbocycles. The third-order valence-corrected chi connectivity index (χ3v) is 2.50. The molecule has 0 spiro atoms. The first kappa shape index (κ1) is 14.3. The summed E-state index contributed by atoms with van der Waals surface area (Å²) >= 11 is 0. The molecule has 3 heteroatoms. The molecular formula is C15H20N2O. The minimum atomic E-state index is -0.0560. The van der Waals surface area contributed by atoms with Crippen LogP contribution in [0.5, 0.6) is 0 Å². The van der Waals surface area contributed by atoms with Gasteiger partial charge in [-0.15, -0.1) is 0 Å². The molecular weight excluding hydrogens is 224 g/mol. The van der Waals surface area contributed by atoms with Crippen molar-refractivity contribution in [2.24, 2.45) is 11.7 Å². The molecule has 18 heavy (non-hydrogen) atoms. The van der Waals surface area contributed by atoms with Crippen molar-refractivity contribution in [2.45, 2.75) is 20.8 Å². The van der Waals surface area contributed by atoms with Gasteiger partial charge in [0.15, 0.2) is 0 Å². The molecule has 0 aliphatic heterocycles. The van der Waals surface area contributed by atoms with E-state index in [9.17, 15) is 4.79 Å². The Kier molecular flexibility index (Phi) is 5.41. The lowest BCUT2D eigenvalue weighted by Gasteiger charge is -2.08. The zero-order chi connectivity index (χ0) is 13.5. The summed E-state index contributed by atoms with van der Waals surface area (Å²) in [6.07, 6.45) is 0. The van der Waals surface area contributed by atoms with Crippen LogP contribution in [-0.4, -0.2) is 19.0 Å². The monoisotopic (exact) mass is 244 g/mol. The molecule has 96 valence electrons.